The average Bonchev–Trinajstić information content (AvgIpc) is 1.65. The monoisotopic (exact) mass is 139 g/mol. The molecule has 0 atom stereocenters. The van der Waals surface area contributed by atoms with E-state index in [0.717, 1.165) is 0 Å². The van der Waals surface area contributed by atoms with E-state index in [1.165, 1.54) is 0 Å². The predicted molar refractivity (Wildman–Crippen MR) is 31.7 cm³/mol. The molecule has 1 saturated heterocycles. The van der Waals surface area contributed by atoms with E-state index in [-0.39, 0.29) is 5.94 Å². The Labute approximate surface area is 49.3 Å². The zero-order valence-corrected chi connectivity index (χ0v) is 5.15. The maximum Gasteiger partial charge on any atom is 0.150 e. The highest BCUT2D eigenvalue weighted by Gasteiger charge is 2.14. The van der Waals surface area contributed by atoms with Gasteiger partial charge in [0.15, 0.2) is 5.94 Å². The molecule has 0 aromatic rings. The van der Waals surface area contributed by atoms with Gasteiger partial charge in [0, 0.05) is 6.54 Å². The molecule has 0 amide bonds. The summed E-state index contributed by atoms with van der Waals surface area (Å²) in [6.07, 6.45) is 0. The van der Waals surface area contributed by atoms with Gasteiger partial charge in [0.05, 0.1) is 6.61 Å². The second-order valence-electron chi connectivity index (χ2n) is 1.59. The van der Waals surface area contributed by atoms with Crippen molar-refractivity contribution in [3.05, 3.63) is 0 Å². The summed E-state index contributed by atoms with van der Waals surface area (Å²) < 4.78 is 24.8. The summed E-state index contributed by atoms with van der Waals surface area (Å²) in [6.45, 7) is 1.10. The molecule has 0 aliphatic carbocycles. The largest absolute Gasteiger partial charge is 0.358 e. The van der Waals surface area contributed by atoms with Crippen LogP contribution in [0.2, 0.25) is 0 Å². The number of rotatable bonds is 0. The molecule has 0 unspecified atom stereocenters. The van der Waals surface area contributed by atoms with Crippen LogP contribution < -0.4 is 4.72 Å². The van der Waals surface area contributed by atoms with Crippen LogP contribution in [0, 0.1) is 0 Å². The van der Waals surface area contributed by atoms with Crippen molar-refractivity contribution < 1.29 is 13.8 Å². The van der Waals surface area contributed by atoms with E-state index in [9.17, 15) is 0 Å². The summed E-state index contributed by atoms with van der Waals surface area (Å²) in [5.74, 6) is 0.0347. The molecule has 1 fully saturated rings. The first-order valence-electron chi connectivity index (χ1n) is 2.29. The number of hydrogen-bond donors (Lipinski definition) is 3. The van der Waals surface area contributed by atoms with Crippen LogP contribution in [0.15, 0.2) is 0 Å². The maximum atomic E-state index is 8.78. The van der Waals surface area contributed by atoms with Crippen LogP contribution in [0.3, 0.4) is 0 Å². The summed E-state index contributed by atoms with van der Waals surface area (Å²) in [4.78, 5) is 0. The SMILES string of the molecule is OS1(O)COCCN1. The molecule has 0 aromatic heterocycles. The minimum atomic E-state index is -2.55. The average molecular weight is 139 g/mol. The smallest absolute Gasteiger partial charge is 0.150 e. The molecule has 1 heterocycles. The van der Waals surface area contributed by atoms with Crippen molar-refractivity contribution in [2.24, 2.45) is 0 Å². The molecule has 0 bridgehead atoms. The Hall–Kier alpha value is 0.190. The lowest BCUT2D eigenvalue weighted by molar-refractivity contribution is 0.157. The fraction of sp³-hybridized carbons (Fsp3) is 1.00. The van der Waals surface area contributed by atoms with Crippen LogP contribution in [-0.4, -0.2) is 28.2 Å². The summed E-state index contributed by atoms with van der Waals surface area (Å²) in [7, 11) is -2.55. The lowest BCUT2D eigenvalue weighted by Gasteiger charge is -2.35. The van der Waals surface area contributed by atoms with Gasteiger partial charge in [-0.15, -0.1) is 10.8 Å². The molecule has 3 N–H and O–H groups in total. The Bertz CT molecular complexity index is 78.6. The van der Waals surface area contributed by atoms with Crippen molar-refractivity contribution in [3.8, 4) is 0 Å². The summed E-state index contributed by atoms with van der Waals surface area (Å²) in [6, 6.07) is 0. The van der Waals surface area contributed by atoms with E-state index in [4.69, 9.17) is 13.8 Å². The second kappa shape index (κ2) is 2.20. The van der Waals surface area contributed by atoms with Crippen LogP contribution in [0.25, 0.3) is 0 Å². The lowest BCUT2D eigenvalue weighted by atomic mass is 10.7. The van der Waals surface area contributed by atoms with Crippen molar-refractivity contribution >= 4 is 10.8 Å². The van der Waals surface area contributed by atoms with Gasteiger partial charge < -0.3 is 4.74 Å². The van der Waals surface area contributed by atoms with Crippen LogP contribution in [0.4, 0.5) is 0 Å². The third kappa shape index (κ3) is 1.61. The summed E-state index contributed by atoms with van der Waals surface area (Å²) in [5, 5.41) is 0. The van der Waals surface area contributed by atoms with E-state index < -0.39 is 10.8 Å². The standard InChI is InChI=1S/C3H9NO3S/c5-8(6)3-7-2-1-4-8/h4-6H,1-3H2. The van der Waals surface area contributed by atoms with E-state index in [1.807, 2.05) is 0 Å². The molecule has 5 heteroatoms. The third-order valence-electron chi connectivity index (χ3n) is 0.827. The number of nitrogens with one attached hydrogen (secondary N) is 1. The van der Waals surface area contributed by atoms with Gasteiger partial charge in [-0.1, -0.05) is 0 Å². The third-order valence-corrected chi connectivity index (χ3v) is 1.99. The first kappa shape index (κ1) is 6.31. The van der Waals surface area contributed by atoms with Crippen molar-refractivity contribution in [2.75, 3.05) is 19.1 Å². The van der Waals surface area contributed by atoms with E-state index in [2.05, 4.69) is 4.72 Å². The highest BCUT2D eigenvalue weighted by atomic mass is 32.3. The molecule has 8 heavy (non-hydrogen) atoms. The predicted octanol–water partition coefficient (Wildman–Crippen LogP) is 0.229. The molecular formula is C3H9NO3S. The molecule has 1 rings (SSSR count). The molecular weight excluding hydrogens is 130 g/mol. The molecule has 0 radical (unpaired) electrons. The van der Waals surface area contributed by atoms with Crippen LogP contribution in [0.1, 0.15) is 0 Å². The Morgan fingerprint density at radius 2 is 2.25 bits per heavy atom. The summed E-state index contributed by atoms with van der Waals surface area (Å²) >= 11 is 0. The zero-order valence-electron chi connectivity index (χ0n) is 4.33. The van der Waals surface area contributed by atoms with Gasteiger partial charge in [0.2, 0.25) is 0 Å². The molecule has 0 spiro atoms. The van der Waals surface area contributed by atoms with Gasteiger partial charge >= 0.3 is 0 Å². The highest BCUT2D eigenvalue weighted by molar-refractivity contribution is 8.22. The quantitative estimate of drug-likeness (QED) is 0.449. The lowest BCUT2D eigenvalue weighted by Crippen LogP contribution is -2.32. The minimum absolute atomic E-state index is 0.0347. The Balaban J connectivity index is 2.33. The first-order chi connectivity index (χ1) is 3.71. The van der Waals surface area contributed by atoms with E-state index >= 15 is 0 Å². The van der Waals surface area contributed by atoms with Crippen molar-refractivity contribution in [2.45, 2.75) is 0 Å². The second-order valence-corrected chi connectivity index (χ2v) is 3.45. The van der Waals surface area contributed by atoms with Gasteiger partial charge in [-0.3, -0.25) is 9.11 Å². The van der Waals surface area contributed by atoms with Crippen molar-refractivity contribution in [3.63, 3.8) is 0 Å². The molecule has 4 nitrogen and oxygen atoms in total. The van der Waals surface area contributed by atoms with Crippen LogP contribution >= 0.6 is 10.8 Å². The normalized spacial score (nSPS) is 31.8. The maximum absolute atomic E-state index is 8.78. The van der Waals surface area contributed by atoms with Crippen molar-refractivity contribution in [1.82, 2.24) is 4.72 Å². The van der Waals surface area contributed by atoms with Gasteiger partial charge in [0.25, 0.3) is 0 Å². The van der Waals surface area contributed by atoms with Crippen LogP contribution in [-0.2, 0) is 4.74 Å². The van der Waals surface area contributed by atoms with Crippen LogP contribution in [0.5, 0.6) is 0 Å². The highest BCUT2D eigenvalue weighted by Crippen LogP contribution is 2.34. The number of ether oxygens (including phenoxy) is 1. The zero-order chi connectivity index (χ0) is 6.04. The Kier molecular flexibility index (Phi) is 1.74. The topological polar surface area (TPSA) is 61.7 Å². The summed E-state index contributed by atoms with van der Waals surface area (Å²) in [5.41, 5.74) is 0. The minimum Gasteiger partial charge on any atom is -0.358 e. The van der Waals surface area contributed by atoms with Gasteiger partial charge in [0.1, 0.15) is 0 Å². The molecule has 50 valence electrons. The van der Waals surface area contributed by atoms with Gasteiger partial charge in [-0.05, 0) is 0 Å². The van der Waals surface area contributed by atoms with Gasteiger partial charge in [-0.25, -0.2) is 4.72 Å². The fourth-order valence-electron chi connectivity index (χ4n) is 0.494. The molecule has 0 aromatic carbocycles. The van der Waals surface area contributed by atoms with Gasteiger partial charge in [-0.2, -0.15) is 0 Å². The molecule has 0 saturated carbocycles. The first-order valence-corrected chi connectivity index (χ1v) is 4.00. The number of hydrogen-bond acceptors (Lipinski definition) is 4. The fourth-order valence-corrected chi connectivity index (χ4v) is 1.34. The molecule has 1 aliphatic rings. The van der Waals surface area contributed by atoms with E-state index in [1.54, 1.807) is 0 Å². The van der Waals surface area contributed by atoms with Crippen molar-refractivity contribution in [1.29, 1.82) is 0 Å². The van der Waals surface area contributed by atoms with E-state index in [0.29, 0.717) is 13.2 Å². The Morgan fingerprint density at radius 3 is 2.50 bits per heavy atom. The Morgan fingerprint density at radius 1 is 1.50 bits per heavy atom. The molecule has 1 aliphatic heterocycles.